The number of alkyl halides is 1. The summed E-state index contributed by atoms with van der Waals surface area (Å²) in [6, 6.07) is 0. The summed E-state index contributed by atoms with van der Waals surface area (Å²) in [5.41, 5.74) is 0.431. The molecule has 4 aliphatic carbocycles. The molecule has 0 amide bonds. The molecule has 0 spiro atoms. The first-order valence-corrected chi connectivity index (χ1v) is 12.1. The molecule has 4 saturated carbocycles. The van der Waals surface area contributed by atoms with E-state index < -0.39 is 12.3 Å². The predicted molar refractivity (Wildman–Crippen MR) is 112 cm³/mol. The summed E-state index contributed by atoms with van der Waals surface area (Å²) in [6.07, 6.45) is 8.42. The van der Waals surface area contributed by atoms with Crippen LogP contribution in [0.2, 0.25) is 0 Å². The second kappa shape index (κ2) is 7.80. The molecule has 1 N–H and O–H groups in total. The highest BCUT2D eigenvalue weighted by Crippen LogP contribution is 2.68. The average Bonchev–Trinajstić information content (AvgIpc) is 3.06. The Morgan fingerprint density at radius 1 is 1.03 bits per heavy atom. The van der Waals surface area contributed by atoms with Crippen LogP contribution in [0.1, 0.15) is 85.0 Å². The smallest absolute Gasteiger partial charge is 0.305 e. The van der Waals surface area contributed by atoms with E-state index in [-0.39, 0.29) is 17.3 Å². The van der Waals surface area contributed by atoms with Gasteiger partial charge in [0.05, 0.1) is 13.2 Å². The van der Waals surface area contributed by atoms with Crippen LogP contribution in [-0.2, 0) is 9.53 Å². The lowest BCUT2D eigenvalue weighted by atomic mass is 9.44. The molecule has 29 heavy (non-hydrogen) atoms. The molecule has 0 saturated heterocycles. The summed E-state index contributed by atoms with van der Waals surface area (Å²) in [7, 11) is 1.48. The van der Waals surface area contributed by atoms with Crippen molar-refractivity contribution in [2.75, 3.05) is 7.11 Å². The van der Waals surface area contributed by atoms with E-state index in [4.69, 9.17) is 4.74 Å². The fraction of sp³-hybridized carbons (Fsp3) is 0.960. The average molecular weight is 409 g/mol. The number of esters is 1. The van der Waals surface area contributed by atoms with Gasteiger partial charge in [-0.1, -0.05) is 20.8 Å². The number of fused-ring (bicyclic) bond motifs is 5. The van der Waals surface area contributed by atoms with Crippen LogP contribution in [0.5, 0.6) is 0 Å². The largest absolute Gasteiger partial charge is 0.469 e. The molecular formula is C25H41FO3. The van der Waals surface area contributed by atoms with Gasteiger partial charge in [0.2, 0.25) is 0 Å². The van der Waals surface area contributed by atoms with Crippen molar-refractivity contribution in [3.63, 3.8) is 0 Å². The Kier molecular flexibility index (Phi) is 5.81. The maximum Gasteiger partial charge on any atom is 0.305 e. The third-order valence-corrected chi connectivity index (χ3v) is 10.5. The highest BCUT2D eigenvalue weighted by molar-refractivity contribution is 5.69. The van der Waals surface area contributed by atoms with Crippen LogP contribution in [0.15, 0.2) is 0 Å². The Labute approximate surface area is 176 Å². The molecule has 0 aromatic carbocycles. The van der Waals surface area contributed by atoms with Gasteiger partial charge in [-0.2, -0.15) is 0 Å². The number of carbonyl (C=O) groups is 1. The van der Waals surface area contributed by atoms with E-state index in [0.29, 0.717) is 36.0 Å². The Morgan fingerprint density at radius 2 is 1.69 bits per heavy atom. The van der Waals surface area contributed by atoms with Crippen LogP contribution in [0.4, 0.5) is 4.39 Å². The van der Waals surface area contributed by atoms with Gasteiger partial charge in [-0.3, -0.25) is 4.79 Å². The van der Waals surface area contributed by atoms with Gasteiger partial charge in [0.25, 0.3) is 0 Å². The number of ether oxygens (including phenoxy) is 1. The summed E-state index contributed by atoms with van der Waals surface area (Å²) < 4.78 is 19.8. The number of aliphatic hydroxyl groups excluding tert-OH is 1. The van der Waals surface area contributed by atoms with Crippen LogP contribution in [0, 0.1) is 46.3 Å². The molecule has 166 valence electrons. The topological polar surface area (TPSA) is 46.5 Å². The molecule has 0 bridgehead atoms. The molecule has 0 heterocycles. The fourth-order valence-electron chi connectivity index (χ4n) is 8.89. The van der Waals surface area contributed by atoms with Crippen molar-refractivity contribution in [1.29, 1.82) is 0 Å². The van der Waals surface area contributed by atoms with E-state index in [1.54, 1.807) is 0 Å². The summed E-state index contributed by atoms with van der Waals surface area (Å²) in [5, 5.41) is 10.1. The van der Waals surface area contributed by atoms with E-state index >= 15 is 0 Å². The lowest BCUT2D eigenvalue weighted by Crippen LogP contribution is -2.57. The van der Waals surface area contributed by atoms with Crippen LogP contribution in [0.25, 0.3) is 0 Å². The Balaban J connectivity index is 1.50. The second-order valence-electron chi connectivity index (χ2n) is 11.4. The first-order chi connectivity index (χ1) is 13.7. The second-order valence-corrected chi connectivity index (χ2v) is 11.4. The molecule has 4 rings (SSSR count). The predicted octanol–water partition coefficient (Wildman–Crippen LogP) is 5.54. The minimum absolute atomic E-state index is 0.0491. The van der Waals surface area contributed by atoms with Gasteiger partial charge in [0.1, 0.15) is 6.17 Å². The van der Waals surface area contributed by atoms with Crippen LogP contribution < -0.4 is 0 Å². The molecule has 4 heteroatoms. The van der Waals surface area contributed by atoms with Crippen molar-refractivity contribution in [3.8, 4) is 0 Å². The molecule has 2 unspecified atom stereocenters. The molecular weight excluding hydrogens is 367 g/mol. The quantitative estimate of drug-likeness (QED) is 0.621. The molecule has 0 radical (unpaired) electrons. The Morgan fingerprint density at radius 3 is 2.41 bits per heavy atom. The summed E-state index contributed by atoms with van der Waals surface area (Å²) in [6.45, 7) is 7.21. The lowest BCUT2D eigenvalue weighted by molar-refractivity contribution is -0.157. The number of hydrogen-bond acceptors (Lipinski definition) is 3. The molecule has 0 aromatic heterocycles. The number of halogens is 1. The summed E-state index contributed by atoms with van der Waals surface area (Å²) in [5.74, 6) is 3.28. The van der Waals surface area contributed by atoms with E-state index in [1.165, 1.54) is 32.8 Å². The van der Waals surface area contributed by atoms with E-state index in [0.717, 1.165) is 37.5 Å². The zero-order chi connectivity index (χ0) is 21.0. The molecule has 3 nitrogen and oxygen atoms in total. The third kappa shape index (κ3) is 3.36. The van der Waals surface area contributed by atoms with Gasteiger partial charge in [-0.05, 0) is 104 Å². The Bertz CT molecular complexity index is 623. The van der Waals surface area contributed by atoms with E-state index in [9.17, 15) is 14.3 Å². The number of carbonyl (C=O) groups excluding carboxylic acids is 1. The van der Waals surface area contributed by atoms with Gasteiger partial charge in [0.15, 0.2) is 0 Å². The van der Waals surface area contributed by atoms with Crippen molar-refractivity contribution in [2.45, 2.75) is 97.3 Å². The lowest BCUT2D eigenvalue weighted by Gasteiger charge is -2.61. The van der Waals surface area contributed by atoms with Crippen molar-refractivity contribution in [1.82, 2.24) is 0 Å². The SMILES string of the molecule is COC(=O)CC[C@@H](C)C1CC[C@H]2[C@@H]3CC[C@@H]4[C@@H](F)C(O)CC[C@]4(C)[C@H]3CC[C@]12C. The summed E-state index contributed by atoms with van der Waals surface area (Å²) in [4.78, 5) is 11.6. The first-order valence-electron chi connectivity index (χ1n) is 12.1. The van der Waals surface area contributed by atoms with Crippen LogP contribution in [0.3, 0.4) is 0 Å². The highest BCUT2D eigenvalue weighted by Gasteiger charge is 2.62. The molecule has 4 fully saturated rings. The first kappa shape index (κ1) is 21.6. The van der Waals surface area contributed by atoms with Gasteiger partial charge in [-0.15, -0.1) is 0 Å². The monoisotopic (exact) mass is 408 g/mol. The normalized spacial score (nSPS) is 50.2. The van der Waals surface area contributed by atoms with Crippen molar-refractivity contribution < 1.29 is 19.0 Å². The number of rotatable bonds is 4. The maximum absolute atomic E-state index is 14.9. The minimum Gasteiger partial charge on any atom is -0.469 e. The van der Waals surface area contributed by atoms with Gasteiger partial charge in [-0.25, -0.2) is 4.39 Å². The number of methoxy groups -OCH3 is 1. The molecule has 4 aliphatic rings. The van der Waals surface area contributed by atoms with E-state index in [1.807, 2.05) is 0 Å². The van der Waals surface area contributed by atoms with Crippen molar-refractivity contribution >= 4 is 5.97 Å². The van der Waals surface area contributed by atoms with Crippen LogP contribution >= 0.6 is 0 Å². The van der Waals surface area contributed by atoms with Gasteiger partial charge >= 0.3 is 5.97 Å². The molecule has 10 atom stereocenters. The summed E-state index contributed by atoms with van der Waals surface area (Å²) >= 11 is 0. The Hall–Kier alpha value is -0.640. The zero-order valence-corrected chi connectivity index (χ0v) is 18.8. The van der Waals surface area contributed by atoms with Gasteiger partial charge in [0, 0.05) is 6.42 Å². The number of hydrogen-bond donors (Lipinski definition) is 1. The van der Waals surface area contributed by atoms with Crippen molar-refractivity contribution in [2.24, 2.45) is 46.3 Å². The third-order valence-electron chi connectivity index (χ3n) is 10.5. The fourth-order valence-corrected chi connectivity index (χ4v) is 8.89. The molecule has 0 aliphatic heterocycles. The highest BCUT2D eigenvalue weighted by atomic mass is 19.1. The van der Waals surface area contributed by atoms with Gasteiger partial charge < -0.3 is 9.84 Å². The van der Waals surface area contributed by atoms with Crippen molar-refractivity contribution in [3.05, 3.63) is 0 Å². The maximum atomic E-state index is 14.9. The minimum atomic E-state index is -1.03. The number of aliphatic hydroxyl groups is 1. The zero-order valence-electron chi connectivity index (χ0n) is 18.8. The van der Waals surface area contributed by atoms with E-state index in [2.05, 4.69) is 20.8 Å². The van der Waals surface area contributed by atoms with Crippen LogP contribution in [-0.4, -0.2) is 30.5 Å². The molecule has 0 aromatic rings. The standard InChI is InChI=1S/C25H41FO3/c1-15(5-10-22(28)29-4)17-8-9-18-16-6-7-20-23(26)21(27)12-14-25(20,3)19(16)11-13-24(17,18)2/h15-21,23,27H,5-14H2,1-4H3/t15-,16+,17?,18+,19+,20-,21?,23-,24-,25-/m1/s1.